The summed E-state index contributed by atoms with van der Waals surface area (Å²) in [7, 11) is -4.57. The first-order valence-electron chi connectivity index (χ1n) is 5.85. The fourth-order valence-electron chi connectivity index (χ4n) is 1.39. The van der Waals surface area contributed by atoms with E-state index in [2.05, 4.69) is 11.1 Å². The number of hydrogen-bond donors (Lipinski definition) is 0. The molecule has 0 aliphatic rings. The van der Waals surface area contributed by atoms with Crippen LogP contribution in [0.4, 0.5) is 0 Å². The van der Waals surface area contributed by atoms with Crippen LogP contribution in [-0.2, 0) is 14.6 Å². The molecule has 0 aromatic heterocycles. The van der Waals surface area contributed by atoms with Crippen LogP contribution in [0.3, 0.4) is 0 Å². The van der Waals surface area contributed by atoms with E-state index >= 15 is 0 Å². The van der Waals surface area contributed by atoms with Crippen molar-refractivity contribution in [3.63, 3.8) is 0 Å². The summed E-state index contributed by atoms with van der Waals surface area (Å²) in [4.78, 5) is 0. The molecule has 0 aliphatic carbocycles. The molecular formula is C11H21NaO4S. The van der Waals surface area contributed by atoms with Gasteiger partial charge in [-0.05, 0) is 18.9 Å². The van der Waals surface area contributed by atoms with E-state index in [4.69, 9.17) is 0 Å². The van der Waals surface area contributed by atoms with Crippen molar-refractivity contribution in [2.24, 2.45) is 0 Å². The van der Waals surface area contributed by atoms with Gasteiger partial charge in [-0.15, -0.1) is 0 Å². The van der Waals surface area contributed by atoms with E-state index in [1.54, 1.807) is 6.08 Å². The maximum Gasteiger partial charge on any atom is 1.00 e. The molecule has 0 saturated carbocycles. The molecule has 0 aliphatic heterocycles. The van der Waals surface area contributed by atoms with E-state index in [9.17, 15) is 13.0 Å². The van der Waals surface area contributed by atoms with Gasteiger partial charge in [-0.1, -0.05) is 45.4 Å². The summed E-state index contributed by atoms with van der Waals surface area (Å²) in [5, 5.41) is 0. The van der Waals surface area contributed by atoms with Gasteiger partial charge in [-0.25, -0.2) is 8.42 Å². The van der Waals surface area contributed by atoms with Crippen LogP contribution >= 0.6 is 0 Å². The molecule has 6 heteroatoms. The largest absolute Gasteiger partial charge is 1.00 e. The maximum absolute atomic E-state index is 10.0. The summed E-state index contributed by atoms with van der Waals surface area (Å²) >= 11 is 0. The van der Waals surface area contributed by atoms with E-state index in [1.165, 1.54) is 32.1 Å². The fraction of sp³-hybridized carbons (Fsp3) is 0.818. The quantitative estimate of drug-likeness (QED) is 0.186. The molecule has 0 aromatic rings. The Morgan fingerprint density at radius 1 is 1.06 bits per heavy atom. The minimum absolute atomic E-state index is 0. The smallest absolute Gasteiger partial charge is 0.716 e. The Morgan fingerprint density at radius 3 is 2.12 bits per heavy atom. The Bertz CT molecular complexity index is 275. The van der Waals surface area contributed by atoms with Gasteiger partial charge in [0.25, 0.3) is 10.4 Å². The van der Waals surface area contributed by atoms with Gasteiger partial charge in [0.1, 0.15) is 6.26 Å². The van der Waals surface area contributed by atoms with Gasteiger partial charge in [-0.3, -0.25) is 0 Å². The topological polar surface area (TPSA) is 66.4 Å². The second-order valence-electron chi connectivity index (χ2n) is 3.79. The fourth-order valence-corrected chi connectivity index (χ4v) is 1.61. The zero-order chi connectivity index (χ0) is 12.3. The van der Waals surface area contributed by atoms with Crippen LogP contribution in [0.15, 0.2) is 12.3 Å². The number of hydrogen-bond acceptors (Lipinski definition) is 4. The van der Waals surface area contributed by atoms with Crippen molar-refractivity contribution in [1.82, 2.24) is 0 Å². The third kappa shape index (κ3) is 19.0. The van der Waals surface area contributed by atoms with Gasteiger partial charge < -0.3 is 8.74 Å². The molecule has 0 N–H and O–H groups in total. The molecule has 0 unspecified atom stereocenters. The second-order valence-corrected chi connectivity index (χ2v) is 4.80. The van der Waals surface area contributed by atoms with E-state index in [-0.39, 0.29) is 29.6 Å². The molecule has 0 atom stereocenters. The molecule has 0 fully saturated rings. The van der Waals surface area contributed by atoms with Gasteiger partial charge in [0.2, 0.25) is 0 Å². The molecule has 0 radical (unpaired) electrons. The average molecular weight is 272 g/mol. The molecule has 0 aromatic carbocycles. The second kappa shape index (κ2) is 12.9. The molecular weight excluding hydrogens is 251 g/mol. The third-order valence-corrected chi connectivity index (χ3v) is 2.59. The van der Waals surface area contributed by atoms with E-state index in [0.717, 1.165) is 25.5 Å². The Balaban J connectivity index is 0. The Morgan fingerprint density at radius 2 is 1.59 bits per heavy atom. The summed E-state index contributed by atoms with van der Waals surface area (Å²) in [6, 6.07) is 0. The number of rotatable bonds is 10. The molecule has 0 bridgehead atoms. The molecule has 0 amide bonds. The minimum Gasteiger partial charge on any atom is -0.716 e. The average Bonchev–Trinajstić information content (AvgIpc) is 2.19. The van der Waals surface area contributed by atoms with Crippen molar-refractivity contribution in [1.29, 1.82) is 0 Å². The standard InChI is InChI=1S/C11H22O4S.Na/c1-2-3-4-5-6-7-8-9-10-11-15-16(12,13)14;/h10-11H,2-9H2,1H3,(H,12,13,14);/q;+1/p-1/b11-10+;. The SMILES string of the molecule is CCCCCCCCC/C=C/OS(=O)(=O)[O-].[Na+]. The zero-order valence-electron chi connectivity index (χ0n) is 10.9. The van der Waals surface area contributed by atoms with E-state index < -0.39 is 10.4 Å². The van der Waals surface area contributed by atoms with Crippen molar-refractivity contribution in [3.8, 4) is 0 Å². The van der Waals surface area contributed by atoms with Gasteiger partial charge >= 0.3 is 29.6 Å². The first-order valence-corrected chi connectivity index (χ1v) is 7.18. The Hall–Kier alpha value is 0.450. The number of allylic oxidation sites excluding steroid dienone is 1. The van der Waals surface area contributed by atoms with Crippen molar-refractivity contribution in [3.05, 3.63) is 12.3 Å². The van der Waals surface area contributed by atoms with Crippen LogP contribution < -0.4 is 29.6 Å². The summed E-state index contributed by atoms with van der Waals surface area (Å²) in [5.41, 5.74) is 0. The molecule has 0 spiro atoms. The summed E-state index contributed by atoms with van der Waals surface area (Å²) in [5.74, 6) is 0. The maximum atomic E-state index is 10.0. The molecule has 96 valence electrons. The Kier molecular flexibility index (Phi) is 15.0. The van der Waals surface area contributed by atoms with Gasteiger partial charge in [-0.2, -0.15) is 0 Å². The van der Waals surface area contributed by atoms with Gasteiger partial charge in [0.15, 0.2) is 0 Å². The minimum atomic E-state index is -4.57. The Labute approximate surface area is 127 Å². The van der Waals surface area contributed by atoms with Gasteiger partial charge in [0.05, 0.1) is 0 Å². The first kappa shape index (κ1) is 19.8. The predicted octanol–water partition coefficient (Wildman–Crippen LogP) is 0.122. The molecule has 17 heavy (non-hydrogen) atoms. The molecule has 0 rings (SSSR count). The number of unbranched alkanes of at least 4 members (excludes halogenated alkanes) is 7. The summed E-state index contributed by atoms with van der Waals surface area (Å²) in [6.07, 6.45) is 11.8. The summed E-state index contributed by atoms with van der Waals surface area (Å²) < 4.78 is 34.0. The van der Waals surface area contributed by atoms with Crippen LogP contribution in [0.5, 0.6) is 0 Å². The van der Waals surface area contributed by atoms with Crippen LogP contribution in [0.1, 0.15) is 58.3 Å². The van der Waals surface area contributed by atoms with Crippen molar-refractivity contribution in [2.45, 2.75) is 58.3 Å². The van der Waals surface area contributed by atoms with E-state index in [1.807, 2.05) is 0 Å². The van der Waals surface area contributed by atoms with Crippen molar-refractivity contribution in [2.75, 3.05) is 0 Å². The van der Waals surface area contributed by atoms with Crippen LogP contribution in [0, 0.1) is 0 Å². The van der Waals surface area contributed by atoms with Gasteiger partial charge in [0, 0.05) is 0 Å². The van der Waals surface area contributed by atoms with Crippen LogP contribution in [0.25, 0.3) is 0 Å². The first-order chi connectivity index (χ1) is 7.56. The normalized spacial score (nSPS) is 11.4. The monoisotopic (exact) mass is 272 g/mol. The van der Waals surface area contributed by atoms with Crippen molar-refractivity contribution < 1.29 is 46.7 Å². The predicted molar refractivity (Wildman–Crippen MR) is 62.5 cm³/mol. The molecule has 0 heterocycles. The molecule has 0 saturated heterocycles. The van der Waals surface area contributed by atoms with E-state index in [0.29, 0.717) is 0 Å². The third-order valence-electron chi connectivity index (χ3n) is 2.24. The van der Waals surface area contributed by atoms with Crippen molar-refractivity contribution >= 4 is 10.4 Å². The summed E-state index contributed by atoms with van der Waals surface area (Å²) in [6.45, 7) is 2.19. The zero-order valence-corrected chi connectivity index (χ0v) is 13.7. The van der Waals surface area contributed by atoms with Crippen LogP contribution in [0.2, 0.25) is 0 Å². The molecule has 4 nitrogen and oxygen atoms in total. The van der Waals surface area contributed by atoms with Crippen LogP contribution in [-0.4, -0.2) is 13.0 Å².